The van der Waals surface area contributed by atoms with Crippen LogP contribution in [0.5, 0.6) is 0 Å². The van der Waals surface area contributed by atoms with Gasteiger partial charge in [0.05, 0.1) is 17.4 Å². The normalized spacial score (nSPS) is 23.9. The molecule has 0 spiro atoms. The van der Waals surface area contributed by atoms with Gasteiger partial charge in [-0.2, -0.15) is 0 Å². The molecule has 1 aliphatic carbocycles. The molecule has 0 radical (unpaired) electrons. The molecule has 0 aliphatic heterocycles. The van der Waals surface area contributed by atoms with Crippen molar-refractivity contribution < 1.29 is 0 Å². The largest absolute Gasteiger partial charge is 0.327 e. The molecule has 19 heavy (non-hydrogen) atoms. The lowest BCUT2D eigenvalue weighted by Crippen LogP contribution is -2.17. The number of benzene rings is 1. The van der Waals surface area contributed by atoms with Gasteiger partial charge in [0.2, 0.25) is 0 Å². The number of nitrogens with zero attached hydrogens (tertiary/aromatic N) is 2. The third kappa shape index (κ3) is 2.29. The topological polar surface area (TPSA) is 17.8 Å². The Balaban J connectivity index is 1.91. The van der Waals surface area contributed by atoms with Crippen LogP contribution in [0.1, 0.15) is 56.2 Å². The van der Waals surface area contributed by atoms with Gasteiger partial charge < -0.3 is 4.57 Å². The van der Waals surface area contributed by atoms with E-state index in [-0.39, 0.29) is 0 Å². The van der Waals surface area contributed by atoms with Gasteiger partial charge in [0.15, 0.2) is 0 Å². The predicted octanol–water partition coefficient (Wildman–Crippen LogP) is 4.79. The zero-order valence-corrected chi connectivity index (χ0v) is 12.3. The second kappa shape index (κ2) is 4.99. The maximum atomic E-state index is 4.60. The summed E-state index contributed by atoms with van der Waals surface area (Å²) in [5.41, 5.74) is 5.19. The molecule has 2 aromatic rings. The molecule has 0 N–H and O–H groups in total. The zero-order valence-electron chi connectivity index (χ0n) is 12.3. The molecule has 1 heterocycles. The number of imidazole rings is 1. The third-order valence-corrected chi connectivity index (χ3v) is 4.98. The van der Waals surface area contributed by atoms with Crippen LogP contribution < -0.4 is 0 Å². The fourth-order valence-corrected chi connectivity index (χ4v) is 3.40. The average molecular weight is 256 g/mol. The lowest BCUT2D eigenvalue weighted by molar-refractivity contribution is 0.273. The number of rotatable bonds is 2. The molecule has 1 fully saturated rings. The molecule has 3 rings (SSSR count). The van der Waals surface area contributed by atoms with Gasteiger partial charge in [0.1, 0.15) is 0 Å². The van der Waals surface area contributed by atoms with Gasteiger partial charge in [-0.3, -0.25) is 0 Å². The molecular formula is C17H24N2. The molecule has 1 aromatic heterocycles. The summed E-state index contributed by atoms with van der Waals surface area (Å²) in [5, 5.41) is 0. The van der Waals surface area contributed by atoms with Crippen molar-refractivity contribution in [3.8, 4) is 0 Å². The monoisotopic (exact) mass is 256 g/mol. The number of hydrogen-bond donors (Lipinski definition) is 0. The fraction of sp³-hybridized carbons (Fsp3) is 0.588. The summed E-state index contributed by atoms with van der Waals surface area (Å²) in [7, 11) is 0. The highest BCUT2D eigenvalue weighted by Crippen LogP contribution is 2.35. The van der Waals surface area contributed by atoms with Crippen molar-refractivity contribution in [3.63, 3.8) is 0 Å². The van der Waals surface area contributed by atoms with Crippen LogP contribution in [0, 0.1) is 19.8 Å². The Bertz CT molecular complexity index is 574. The highest BCUT2D eigenvalue weighted by molar-refractivity contribution is 5.77. The minimum atomic E-state index is 0.662. The van der Waals surface area contributed by atoms with Gasteiger partial charge in [0, 0.05) is 6.04 Å². The van der Waals surface area contributed by atoms with Gasteiger partial charge in [0.25, 0.3) is 0 Å². The van der Waals surface area contributed by atoms with Crippen LogP contribution in [0.15, 0.2) is 18.5 Å². The summed E-state index contributed by atoms with van der Waals surface area (Å²) in [4.78, 5) is 4.60. The van der Waals surface area contributed by atoms with Gasteiger partial charge in [-0.15, -0.1) is 0 Å². The molecular weight excluding hydrogens is 232 g/mol. The minimum absolute atomic E-state index is 0.662. The lowest BCUT2D eigenvalue weighted by atomic mass is 9.84. The van der Waals surface area contributed by atoms with E-state index in [2.05, 4.69) is 48.8 Å². The van der Waals surface area contributed by atoms with Crippen LogP contribution in [0.4, 0.5) is 0 Å². The van der Waals surface area contributed by atoms with Gasteiger partial charge in [-0.1, -0.05) is 13.3 Å². The fourth-order valence-electron chi connectivity index (χ4n) is 3.40. The van der Waals surface area contributed by atoms with Crippen molar-refractivity contribution >= 4 is 11.0 Å². The number of hydrogen-bond acceptors (Lipinski definition) is 1. The van der Waals surface area contributed by atoms with Crippen molar-refractivity contribution in [1.29, 1.82) is 0 Å². The van der Waals surface area contributed by atoms with Crippen LogP contribution >= 0.6 is 0 Å². The summed E-state index contributed by atoms with van der Waals surface area (Å²) in [6.07, 6.45) is 8.79. The number of aromatic nitrogens is 2. The van der Waals surface area contributed by atoms with Crippen molar-refractivity contribution in [2.45, 2.75) is 58.9 Å². The molecule has 0 bridgehead atoms. The van der Waals surface area contributed by atoms with E-state index in [4.69, 9.17) is 0 Å². The Morgan fingerprint density at radius 2 is 1.79 bits per heavy atom. The van der Waals surface area contributed by atoms with E-state index in [1.807, 2.05) is 0 Å². The summed E-state index contributed by atoms with van der Waals surface area (Å²) in [6, 6.07) is 5.19. The van der Waals surface area contributed by atoms with E-state index in [1.165, 1.54) is 48.7 Å². The van der Waals surface area contributed by atoms with Crippen LogP contribution in [0.3, 0.4) is 0 Å². The van der Waals surface area contributed by atoms with E-state index >= 15 is 0 Å². The highest BCUT2D eigenvalue weighted by atomic mass is 15.1. The second-order valence-electron chi connectivity index (χ2n) is 6.16. The zero-order chi connectivity index (χ0) is 13.4. The Labute approximate surface area is 115 Å². The van der Waals surface area contributed by atoms with Gasteiger partial charge in [-0.25, -0.2) is 4.98 Å². The van der Waals surface area contributed by atoms with Gasteiger partial charge >= 0.3 is 0 Å². The van der Waals surface area contributed by atoms with Crippen molar-refractivity contribution in [1.82, 2.24) is 9.55 Å². The average Bonchev–Trinajstić information content (AvgIpc) is 2.82. The number of fused-ring (bicyclic) bond motifs is 1. The molecule has 0 atom stereocenters. The Hall–Kier alpha value is -1.31. The summed E-state index contributed by atoms with van der Waals surface area (Å²) < 4.78 is 2.42. The molecule has 102 valence electrons. The second-order valence-corrected chi connectivity index (χ2v) is 6.16. The third-order valence-electron chi connectivity index (χ3n) is 4.98. The van der Waals surface area contributed by atoms with Crippen LogP contribution in [0.2, 0.25) is 0 Å². The first-order valence-electron chi connectivity index (χ1n) is 7.62. The van der Waals surface area contributed by atoms with Crippen molar-refractivity contribution in [2.75, 3.05) is 0 Å². The van der Waals surface area contributed by atoms with Crippen molar-refractivity contribution in [2.24, 2.45) is 5.92 Å². The molecule has 2 nitrogen and oxygen atoms in total. The molecule has 1 saturated carbocycles. The Morgan fingerprint density at radius 3 is 2.47 bits per heavy atom. The van der Waals surface area contributed by atoms with Crippen molar-refractivity contribution in [3.05, 3.63) is 29.6 Å². The minimum Gasteiger partial charge on any atom is -0.327 e. The Kier molecular flexibility index (Phi) is 3.34. The summed E-state index contributed by atoms with van der Waals surface area (Å²) in [6.45, 7) is 6.68. The smallest absolute Gasteiger partial charge is 0.0960 e. The highest BCUT2D eigenvalue weighted by Gasteiger charge is 2.22. The summed E-state index contributed by atoms with van der Waals surface area (Å²) >= 11 is 0. The van der Waals surface area contributed by atoms with E-state index < -0.39 is 0 Å². The number of aryl methyl sites for hydroxylation is 2. The predicted molar refractivity (Wildman–Crippen MR) is 80.5 cm³/mol. The van der Waals surface area contributed by atoms with E-state index in [1.54, 1.807) is 0 Å². The molecule has 2 heteroatoms. The molecule has 0 unspecified atom stereocenters. The lowest BCUT2D eigenvalue weighted by Gasteiger charge is -2.29. The molecule has 1 aliphatic rings. The first-order chi connectivity index (χ1) is 9.19. The van der Waals surface area contributed by atoms with Crippen LogP contribution in [-0.4, -0.2) is 9.55 Å². The van der Waals surface area contributed by atoms with Gasteiger partial charge in [-0.05, 0) is 68.7 Å². The maximum absolute atomic E-state index is 4.60. The summed E-state index contributed by atoms with van der Waals surface area (Å²) in [5.74, 6) is 0.954. The van der Waals surface area contributed by atoms with Crippen LogP contribution in [0.25, 0.3) is 11.0 Å². The Morgan fingerprint density at radius 1 is 1.11 bits per heavy atom. The quantitative estimate of drug-likeness (QED) is 0.755. The maximum Gasteiger partial charge on any atom is 0.0960 e. The SMILES string of the molecule is CCC1CCC(n2cnc3cc(C)c(C)cc32)CC1. The molecule has 0 amide bonds. The van der Waals surface area contributed by atoms with Crippen LogP contribution in [-0.2, 0) is 0 Å². The first kappa shape index (κ1) is 12.7. The van der Waals surface area contributed by atoms with E-state index in [9.17, 15) is 0 Å². The van der Waals surface area contributed by atoms with E-state index in [0.717, 1.165) is 11.4 Å². The first-order valence-corrected chi connectivity index (χ1v) is 7.62. The molecule has 1 aromatic carbocycles. The molecule has 0 saturated heterocycles. The standard InChI is InChI=1S/C17H24N2/c1-4-14-5-7-15(8-6-14)19-11-18-16-9-12(2)13(3)10-17(16)19/h9-11,14-15H,4-8H2,1-3H3. The van der Waals surface area contributed by atoms with E-state index in [0.29, 0.717) is 6.04 Å².